The summed E-state index contributed by atoms with van der Waals surface area (Å²) in [6, 6.07) is 0. The standard InChI is InChI=1S/C10H15N5OS/c1-2-3-4-8(16)11-6-5-9-14-15-7-12-13-10(15)17-9/h7H,2-6H2,1H3,(H,11,16). The van der Waals surface area contributed by atoms with Crippen LogP contribution in [0, 0.1) is 0 Å². The van der Waals surface area contributed by atoms with E-state index in [0.717, 1.165) is 29.2 Å². The van der Waals surface area contributed by atoms with Crippen LogP contribution < -0.4 is 5.32 Å². The van der Waals surface area contributed by atoms with Crippen molar-refractivity contribution in [3.8, 4) is 0 Å². The van der Waals surface area contributed by atoms with Crippen LogP contribution in [-0.2, 0) is 11.2 Å². The molecule has 2 aromatic heterocycles. The maximum absolute atomic E-state index is 11.4. The van der Waals surface area contributed by atoms with E-state index in [1.807, 2.05) is 0 Å². The smallest absolute Gasteiger partial charge is 0.234 e. The van der Waals surface area contributed by atoms with E-state index in [1.165, 1.54) is 11.3 Å². The molecule has 0 saturated carbocycles. The molecular weight excluding hydrogens is 238 g/mol. The molecule has 2 aromatic rings. The molecule has 6 nitrogen and oxygen atoms in total. The molecule has 0 spiro atoms. The van der Waals surface area contributed by atoms with Gasteiger partial charge in [0, 0.05) is 19.4 Å². The number of aromatic nitrogens is 4. The molecule has 0 unspecified atom stereocenters. The van der Waals surface area contributed by atoms with Crippen molar-refractivity contribution in [3.05, 3.63) is 11.3 Å². The molecule has 0 radical (unpaired) electrons. The lowest BCUT2D eigenvalue weighted by molar-refractivity contribution is -0.121. The van der Waals surface area contributed by atoms with Gasteiger partial charge in [0.15, 0.2) is 0 Å². The lowest BCUT2D eigenvalue weighted by Crippen LogP contribution is -2.25. The van der Waals surface area contributed by atoms with Crippen molar-refractivity contribution in [3.63, 3.8) is 0 Å². The summed E-state index contributed by atoms with van der Waals surface area (Å²) in [4.78, 5) is 12.1. The van der Waals surface area contributed by atoms with Gasteiger partial charge in [-0.3, -0.25) is 4.79 Å². The first kappa shape index (κ1) is 12.0. The first-order valence-corrected chi connectivity index (χ1v) is 6.53. The minimum absolute atomic E-state index is 0.120. The fourth-order valence-electron chi connectivity index (χ4n) is 1.44. The second-order valence-electron chi connectivity index (χ2n) is 3.76. The monoisotopic (exact) mass is 253 g/mol. The van der Waals surface area contributed by atoms with Crippen LogP contribution >= 0.6 is 11.3 Å². The molecule has 0 aliphatic heterocycles. The van der Waals surface area contributed by atoms with Crippen molar-refractivity contribution in [1.82, 2.24) is 25.1 Å². The zero-order valence-electron chi connectivity index (χ0n) is 9.72. The van der Waals surface area contributed by atoms with Crippen molar-refractivity contribution < 1.29 is 4.79 Å². The number of carbonyl (C=O) groups is 1. The Morgan fingerprint density at radius 1 is 1.59 bits per heavy atom. The van der Waals surface area contributed by atoms with Gasteiger partial charge in [-0.1, -0.05) is 24.7 Å². The molecule has 0 aliphatic rings. The molecule has 2 rings (SSSR count). The highest BCUT2D eigenvalue weighted by molar-refractivity contribution is 7.16. The van der Waals surface area contributed by atoms with E-state index in [0.29, 0.717) is 13.0 Å². The van der Waals surface area contributed by atoms with Crippen molar-refractivity contribution in [2.45, 2.75) is 32.6 Å². The first-order chi connectivity index (χ1) is 8.29. The molecule has 1 amide bonds. The average molecular weight is 253 g/mol. The number of unbranched alkanes of at least 4 members (excludes halogenated alkanes) is 1. The maximum atomic E-state index is 11.4. The Balaban J connectivity index is 1.75. The molecule has 0 fully saturated rings. The Kier molecular flexibility index (Phi) is 4.03. The van der Waals surface area contributed by atoms with Crippen LogP contribution in [0.3, 0.4) is 0 Å². The van der Waals surface area contributed by atoms with Gasteiger partial charge in [-0.05, 0) is 6.42 Å². The highest BCUT2D eigenvalue weighted by atomic mass is 32.1. The number of rotatable bonds is 6. The second kappa shape index (κ2) is 5.72. The van der Waals surface area contributed by atoms with Crippen molar-refractivity contribution in [2.24, 2.45) is 0 Å². The third kappa shape index (κ3) is 3.23. The van der Waals surface area contributed by atoms with Gasteiger partial charge < -0.3 is 5.32 Å². The lowest BCUT2D eigenvalue weighted by Gasteiger charge is -2.02. The minimum atomic E-state index is 0.120. The Labute approximate surface area is 103 Å². The predicted octanol–water partition coefficient (Wildman–Crippen LogP) is 1.03. The maximum Gasteiger partial charge on any atom is 0.234 e. The van der Waals surface area contributed by atoms with Gasteiger partial charge in [-0.25, -0.2) is 0 Å². The van der Waals surface area contributed by atoms with Crippen molar-refractivity contribution in [2.75, 3.05) is 6.54 Å². The summed E-state index contributed by atoms with van der Waals surface area (Å²) in [5.41, 5.74) is 0. The molecule has 0 saturated heterocycles. The van der Waals surface area contributed by atoms with E-state index < -0.39 is 0 Å². The molecule has 17 heavy (non-hydrogen) atoms. The summed E-state index contributed by atoms with van der Waals surface area (Å²) in [7, 11) is 0. The number of fused-ring (bicyclic) bond motifs is 1. The van der Waals surface area contributed by atoms with Gasteiger partial charge in [0.05, 0.1) is 0 Å². The molecule has 0 atom stereocenters. The topological polar surface area (TPSA) is 72.2 Å². The lowest BCUT2D eigenvalue weighted by atomic mass is 10.2. The van der Waals surface area contributed by atoms with Crippen LogP contribution in [-0.4, -0.2) is 32.3 Å². The molecule has 2 heterocycles. The summed E-state index contributed by atoms with van der Waals surface area (Å²) < 4.78 is 1.65. The predicted molar refractivity (Wildman–Crippen MR) is 64.9 cm³/mol. The van der Waals surface area contributed by atoms with E-state index in [-0.39, 0.29) is 5.91 Å². The molecular formula is C10H15N5OS. The highest BCUT2D eigenvalue weighted by Crippen LogP contribution is 2.11. The zero-order valence-corrected chi connectivity index (χ0v) is 10.5. The molecule has 1 N–H and O–H groups in total. The Morgan fingerprint density at radius 3 is 3.24 bits per heavy atom. The third-order valence-electron chi connectivity index (χ3n) is 2.35. The average Bonchev–Trinajstić information content (AvgIpc) is 2.86. The normalized spacial score (nSPS) is 10.9. The van der Waals surface area contributed by atoms with Crippen LogP contribution in [0.1, 0.15) is 31.2 Å². The van der Waals surface area contributed by atoms with Gasteiger partial charge in [0.1, 0.15) is 11.3 Å². The van der Waals surface area contributed by atoms with Gasteiger partial charge in [-0.15, -0.1) is 10.2 Å². The summed E-state index contributed by atoms with van der Waals surface area (Å²) in [5, 5.41) is 15.8. The molecule has 0 aromatic carbocycles. The van der Waals surface area contributed by atoms with Gasteiger partial charge in [0.2, 0.25) is 10.9 Å². The van der Waals surface area contributed by atoms with Gasteiger partial charge in [0.25, 0.3) is 0 Å². The summed E-state index contributed by atoms with van der Waals surface area (Å²) in [6.07, 6.45) is 4.93. The molecule has 0 aliphatic carbocycles. The largest absolute Gasteiger partial charge is 0.356 e. The van der Waals surface area contributed by atoms with Gasteiger partial charge in [-0.2, -0.15) is 9.61 Å². The molecule has 0 bridgehead atoms. The van der Waals surface area contributed by atoms with E-state index in [2.05, 4.69) is 27.5 Å². The number of nitrogens with one attached hydrogen (secondary N) is 1. The SMILES string of the molecule is CCCCC(=O)NCCc1nn2cnnc2s1. The number of nitrogens with zero attached hydrogens (tertiary/aromatic N) is 4. The van der Waals surface area contributed by atoms with Crippen LogP contribution in [0.15, 0.2) is 6.33 Å². The first-order valence-electron chi connectivity index (χ1n) is 5.72. The Bertz CT molecular complexity index is 463. The van der Waals surface area contributed by atoms with Crippen LogP contribution in [0.4, 0.5) is 0 Å². The number of hydrogen-bond acceptors (Lipinski definition) is 5. The van der Waals surface area contributed by atoms with Gasteiger partial charge >= 0.3 is 0 Å². The van der Waals surface area contributed by atoms with E-state index in [1.54, 1.807) is 10.8 Å². The fraction of sp³-hybridized carbons (Fsp3) is 0.600. The highest BCUT2D eigenvalue weighted by Gasteiger charge is 2.05. The summed E-state index contributed by atoms with van der Waals surface area (Å²) in [6.45, 7) is 2.71. The van der Waals surface area contributed by atoms with E-state index in [9.17, 15) is 4.79 Å². The zero-order chi connectivity index (χ0) is 12.1. The number of carbonyl (C=O) groups excluding carboxylic acids is 1. The minimum Gasteiger partial charge on any atom is -0.356 e. The van der Waals surface area contributed by atoms with Crippen LogP contribution in [0.25, 0.3) is 4.96 Å². The van der Waals surface area contributed by atoms with Crippen molar-refractivity contribution in [1.29, 1.82) is 0 Å². The summed E-state index contributed by atoms with van der Waals surface area (Å²) >= 11 is 1.50. The Morgan fingerprint density at radius 2 is 2.47 bits per heavy atom. The van der Waals surface area contributed by atoms with E-state index in [4.69, 9.17) is 0 Å². The summed E-state index contributed by atoms with van der Waals surface area (Å²) in [5.74, 6) is 0.120. The van der Waals surface area contributed by atoms with E-state index >= 15 is 0 Å². The quantitative estimate of drug-likeness (QED) is 0.834. The van der Waals surface area contributed by atoms with Crippen molar-refractivity contribution >= 4 is 22.2 Å². The number of amides is 1. The Hall–Kier alpha value is -1.50. The fourth-order valence-corrected chi connectivity index (χ4v) is 2.25. The second-order valence-corrected chi connectivity index (χ2v) is 4.80. The third-order valence-corrected chi connectivity index (χ3v) is 3.32. The molecule has 92 valence electrons. The van der Waals surface area contributed by atoms with Crippen LogP contribution in [0.2, 0.25) is 0 Å². The molecule has 7 heteroatoms. The van der Waals surface area contributed by atoms with Crippen LogP contribution in [0.5, 0.6) is 0 Å². The number of hydrogen-bond donors (Lipinski definition) is 1.